The third-order valence-corrected chi connectivity index (χ3v) is 2.37. The number of aliphatic hydroxyl groups excluding tert-OH is 1. The molecule has 0 aromatic carbocycles. The van der Waals surface area contributed by atoms with Gasteiger partial charge in [-0.3, -0.25) is 0 Å². The average molecular weight is 116 g/mol. The minimum atomic E-state index is -0.654. The highest BCUT2D eigenvalue weighted by atomic mass is 19.1. The van der Waals surface area contributed by atoms with E-state index >= 15 is 0 Å². The third-order valence-electron chi connectivity index (χ3n) is 2.37. The molecule has 0 aromatic heterocycles. The summed E-state index contributed by atoms with van der Waals surface area (Å²) in [4.78, 5) is 0. The van der Waals surface area contributed by atoms with Gasteiger partial charge in [0.15, 0.2) is 0 Å². The highest BCUT2D eigenvalue weighted by Gasteiger charge is 2.58. The average Bonchev–Trinajstić information content (AvgIpc) is 2.13. The van der Waals surface area contributed by atoms with Crippen LogP contribution in [0.4, 0.5) is 4.39 Å². The number of rotatable bonds is 0. The lowest BCUT2D eigenvalue weighted by atomic mass is 10.2. The van der Waals surface area contributed by atoms with Gasteiger partial charge in [0, 0.05) is 5.92 Å². The van der Waals surface area contributed by atoms with Crippen LogP contribution in [0.5, 0.6) is 0 Å². The highest BCUT2D eigenvalue weighted by Crippen LogP contribution is 2.53. The van der Waals surface area contributed by atoms with Crippen LogP contribution in [-0.2, 0) is 0 Å². The molecule has 3 unspecified atom stereocenters. The van der Waals surface area contributed by atoms with Gasteiger partial charge >= 0.3 is 0 Å². The van der Waals surface area contributed by atoms with Crippen molar-refractivity contribution >= 4 is 0 Å². The van der Waals surface area contributed by atoms with Crippen molar-refractivity contribution in [3.05, 3.63) is 0 Å². The summed E-state index contributed by atoms with van der Waals surface area (Å²) in [6, 6.07) is 0. The molecule has 2 rings (SSSR count). The van der Waals surface area contributed by atoms with Crippen molar-refractivity contribution in [2.75, 3.05) is 0 Å². The minimum absolute atomic E-state index is 0.0370. The van der Waals surface area contributed by atoms with Gasteiger partial charge in [0.05, 0.1) is 6.10 Å². The smallest absolute Gasteiger partial charge is 0.109 e. The summed E-state index contributed by atoms with van der Waals surface area (Å²) < 4.78 is 12.3. The van der Waals surface area contributed by atoms with E-state index in [0.717, 1.165) is 12.8 Å². The molecular formula is C6H9FO. The molecule has 0 spiro atoms. The first-order valence-electron chi connectivity index (χ1n) is 3.13. The summed E-state index contributed by atoms with van der Waals surface area (Å²) in [6.07, 6.45) is 0.775. The van der Waals surface area contributed by atoms with Crippen molar-refractivity contribution in [1.82, 2.24) is 0 Å². The van der Waals surface area contributed by atoms with Gasteiger partial charge in [0.1, 0.15) is 6.17 Å². The Morgan fingerprint density at radius 3 is 2.38 bits per heavy atom. The predicted molar refractivity (Wildman–Crippen MR) is 27.1 cm³/mol. The van der Waals surface area contributed by atoms with E-state index in [1.807, 2.05) is 0 Å². The SMILES string of the molecule is OC1CCC2C1[C@H]2F. The Morgan fingerprint density at radius 1 is 1.38 bits per heavy atom. The molecule has 0 saturated heterocycles. The van der Waals surface area contributed by atoms with Gasteiger partial charge in [-0.1, -0.05) is 0 Å². The molecule has 0 radical (unpaired) electrons. The quantitative estimate of drug-likeness (QED) is 0.494. The first-order valence-corrected chi connectivity index (χ1v) is 3.13. The fraction of sp³-hybridized carbons (Fsp3) is 1.00. The molecule has 2 heteroatoms. The van der Waals surface area contributed by atoms with Crippen molar-refractivity contribution in [2.24, 2.45) is 11.8 Å². The molecule has 1 N–H and O–H groups in total. The van der Waals surface area contributed by atoms with Crippen molar-refractivity contribution in [2.45, 2.75) is 25.1 Å². The Balaban J connectivity index is 2.07. The van der Waals surface area contributed by atoms with E-state index in [1.54, 1.807) is 0 Å². The van der Waals surface area contributed by atoms with Crippen LogP contribution in [0.1, 0.15) is 12.8 Å². The maximum atomic E-state index is 12.3. The second-order valence-corrected chi connectivity index (χ2v) is 2.83. The molecule has 2 saturated carbocycles. The van der Waals surface area contributed by atoms with E-state index in [2.05, 4.69) is 0 Å². The molecule has 0 amide bonds. The summed E-state index contributed by atoms with van der Waals surface area (Å²) in [7, 11) is 0. The van der Waals surface area contributed by atoms with E-state index in [4.69, 9.17) is 5.11 Å². The van der Waals surface area contributed by atoms with Crippen molar-refractivity contribution in [3.63, 3.8) is 0 Å². The number of hydrogen-bond donors (Lipinski definition) is 1. The van der Waals surface area contributed by atoms with Gasteiger partial charge < -0.3 is 5.11 Å². The van der Waals surface area contributed by atoms with Gasteiger partial charge in [0.2, 0.25) is 0 Å². The van der Waals surface area contributed by atoms with E-state index in [-0.39, 0.29) is 17.9 Å². The lowest BCUT2D eigenvalue weighted by molar-refractivity contribution is 0.143. The van der Waals surface area contributed by atoms with Crippen LogP contribution in [0, 0.1) is 11.8 Å². The summed E-state index contributed by atoms with van der Waals surface area (Å²) in [5.74, 6) is 0.278. The maximum absolute atomic E-state index is 12.3. The van der Waals surface area contributed by atoms with Crippen LogP contribution in [0.2, 0.25) is 0 Å². The number of hydrogen-bond acceptors (Lipinski definition) is 1. The monoisotopic (exact) mass is 116 g/mol. The van der Waals surface area contributed by atoms with Crippen LogP contribution in [0.15, 0.2) is 0 Å². The van der Waals surface area contributed by atoms with Crippen LogP contribution in [0.3, 0.4) is 0 Å². The summed E-state index contributed by atoms with van der Waals surface area (Å²) in [5.41, 5.74) is 0. The molecule has 46 valence electrons. The molecule has 2 fully saturated rings. The second kappa shape index (κ2) is 1.24. The maximum Gasteiger partial charge on any atom is 0.109 e. The van der Waals surface area contributed by atoms with Crippen molar-refractivity contribution in [1.29, 1.82) is 0 Å². The Labute approximate surface area is 47.5 Å². The standard InChI is InChI=1S/C6H9FO/c7-6-3-1-2-4(8)5(3)6/h3-6,8H,1-2H2/t3?,4?,5?,6-/m0/s1. The fourth-order valence-electron chi connectivity index (χ4n) is 1.76. The van der Waals surface area contributed by atoms with Crippen LogP contribution >= 0.6 is 0 Å². The molecule has 1 nitrogen and oxygen atoms in total. The Hall–Kier alpha value is -0.110. The highest BCUT2D eigenvalue weighted by molar-refractivity contribution is 5.06. The van der Waals surface area contributed by atoms with E-state index < -0.39 is 6.17 Å². The van der Waals surface area contributed by atoms with Gasteiger partial charge in [-0.2, -0.15) is 0 Å². The number of halogens is 1. The van der Waals surface area contributed by atoms with Crippen molar-refractivity contribution in [3.8, 4) is 0 Å². The molecule has 0 aromatic rings. The van der Waals surface area contributed by atoms with Crippen LogP contribution in [-0.4, -0.2) is 17.4 Å². The fourth-order valence-corrected chi connectivity index (χ4v) is 1.76. The zero-order chi connectivity index (χ0) is 5.72. The molecule has 8 heavy (non-hydrogen) atoms. The lowest BCUT2D eigenvalue weighted by Crippen LogP contribution is -2.06. The van der Waals surface area contributed by atoms with E-state index in [1.165, 1.54) is 0 Å². The largest absolute Gasteiger partial charge is 0.393 e. The summed E-state index contributed by atoms with van der Waals surface area (Å²) in [6.45, 7) is 0. The normalized spacial score (nSPS) is 60.8. The van der Waals surface area contributed by atoms with Gasteiger partial charge in [-0.25, -0.2) is 4.39 Å². The minimum Gasteiger partial charge on any atom is -0.393 e. The first-order chi connectivity index (χ1) is 3.80. The summed E-state index contributed by atoms with van der Waals surface area (Å²) >= 11 is 0. The molecule has 0 heterocycles. The van der Waals surface area contributed by atoms with Crippen LogP contribution < -0.4 is 0 Å². The Bertz CT molecular complexity index is 113. The number of fused-ring (bicyclic) bond motifs is 1. The van der Waals surface area contributed by atoms with Crippen LogP contribution in [0.25, 0.3) is 0 Å². The molecule has 2 aliphatic rings. The molecule has 0 aliphatic heterocycles. The lowest BCUT2D eigenvalue weighted by Gasteiger charge is -2.00. The zero-order valence-electron chi connectivity index (χ0n) is 4.55. The Kier molecular flexibility index (Phi) is 0.734. The van der Waals surface area contributed by atoms with E-state index in [0.29, 0.717) is 0 Å². The molecule has 4 atom stereocenters. The first kappa shape index (κ1) is 4.74. The summed E-state index contributed by atoms with van der Waals surface area (Å²) in [5, 5.41) is 8.97. The van der Waals surface area contributed by atoms with E-state index in [9.17, 15) is 4.39 Å². The van der Waals surface area contributed by atoms with Crippen molar-refractivity contribution < 1.29 is 9.50 Å². The topological polar surface area (TPSA) is 20.2 Å². The Morgan fingerprint density at radius 2 is 2.12 bits per heavy atom. The van der Waals surface area contributed by atoms with Gasteiger partial charge in [-0.15, -0.1) is 0 Å². The molecule has 2 aliphatic carbocycles. The van der Waals surface area contributed by atoms with Gasteiger partial charge in [0.25, 0.3) is 0 Å². The molecule has 0 bridgehead atoms. The number of aliphatic hydroxyl groups is 1. The van der Waals surface area contributed by atoms with Gasteiger partial charge in [-0.05, 0) is 18.8 Å². The zero-order valence-corrected chi connectivity index (χ0v) is 4.55. The molecular weight excluding hydrogens is 107 g/mol. The number of alkyl halides is 1. The predicted octanol–water partition coefficient (Wildman–Crippen LogP) is 0.725. The third kappa shape index (κ3) is 0.395. The second-order valence-electron chi connectivity index (χ2n) is 2.83.